The maximum atomic E-state index is 13.8. The highest BCUT2D eigenvalue weighted by molar-refractivity contribution is 5.97. The molecule has 0 amide bonds. The van der Waals surface area contributed by atoms with Gasteiger partial charge in [-0.1, -0.05) is 5.16 Å². The van der Waals surface area contributed by atoms with Crippen molar-refractivity contribution in [2.24, 2.45) is 10.9 Å². The smallest absolute Gasteiger partial charge is 0.198 e. The van der Waals surface area contributed by atoms with E-state index < -0.39 is 29.0 Å². The molecule has 7 heteroatoms. The van der Waals surface area contributed by atoms with E-state index in [0.29, 0.717) is 0 Å². The molecule has 0 radical (unpaired) electrons. The van der Waals surface area contributed by atoms with Crippen LogP contribution in [-0.4, -0.2) is 11.0 Å². The van der Waals surface area contributed by atoms with Crippen molar-refractivity contribution in [1.29, 1.82) is 0 Å². The molecule has 0 saturated heterocycles. The Balaban J connectivity index is 2.38. The van der Waals surface area contributed by atoms with Crippen LogP contribution in [0.2, 0.25) is 0 Å². The van der Waals surface area contributed by atoms with E-state index in [-0.39, 0.29) is 16.9 Å². The van der Waals surface area contributed by atoms with Crippen LogP contribution < -0.4 is 10.5 Å². The molecular weight excluding hydrogens is 285 g/mol. The molecule has 2 rings (SSSR count). The Morgan fingerprint density at radius 1 is 1.10 bits per heavy atom. The molecule has 0 heterocycles. The summed E-state index contributed by atoms with van der Waals surface area (Å²) in [5.74, 6) is -3.52. The number of halogens is 3. The van der Waals surface area contributed by atoms with Gasteiger partial charge in [0.05, 0.1) is 0 Å². The van der Waals surface area contributed by atoms with Crippen molar-refractivity contribution >= 4 is 5.84 Å². The molecule has 2 aromatic carbocycles. The van der Waals surface area contributed by atoms with E-state index in [1.807, 2.05) is 0 Å². The largest absolute Gasteiger partial charge is 0.451 e. The van der Waals surface area contributed by atoms with Crippen LogP contribution in [0.4, 0.5) is 13.2 Å². The molecule has 0 aromatic heterocycles. The zero-order chi connectivity index (χ0) is 15.6. The molecule has 2 aromatic rings. The number of oxime groups is 1. The number of aryl methyl sites for hydroxylation is 1. The van der Waals surface area contributed by atoms with Crippen LogP contribution in [0.15, 0.2) is 35.5 Å². The molecule has 110 valence electrons. The van der Waals surface area contributed by atoms with Crippen LogP contribution in [0.3, 0.4) is 0 Å². The highest BCUT2D eigenvalue weighted by Gasteiger charge is 2.16. The normalized spacial score (nSPS) is 11.5. The van der Waals surface area contributed by atoms with E-state index in [0.717, 1.165) is 18.2 Å². The Bertz CT molecular complexity index is 694. The van der Waals surface area contributed by atoms with E-state index >= 15 is 0 Å². The third kappa shape index (κ3) is 3.07. The molecule has 0 aliphatic heterocycles. The zero-order valence-corrected chi connectivity index (χ0v) is 10.9. The van der Waals surface area contributed by atoms with Crippen LogP contribution in [0.5, 0.6) is 11.5 Å². The van der Waals surface area contributed by atoms with Crippen LogP contribution >= 0.6 is 0 Å². The van der Waals surface area contributed by atoms with Gasteiger partial charge in [0.25, 0.3) is 0 Å². The Morgan fingerprint density at radius 3 is 2.24 bits per heavy atom. The Hall–Kier alpha value is -2.70. The number of rotatable bonds is 3. The first kappa shape index (κ1) is 14.7. The van der Waals surface area contributed by atoms with Gasteiger partial charge in [0.2, 0.25) is 0 Å². The summed E-state index contributed by atoms with van der Waals surface area (Å²) in [5.41, 5.74) is 5.41. The molecule has 0 bridgehead atoms. The Morgan fingerprint density at radius 2 is 1.71 bits per heavy atom. The molecule has 4 nitrogen and oxygen atoms in total. The number of hydrogen-bond acceptors (Lipinski definition) is 3. The molecule has 0 aliphatic rings. The van der Waals surface area contributed by atoms with Gasteiger partial charge in [-0.25, -0.2) is 13.2 Å². The van der Waals surface area contributed by atoms with Gasteiger partial charge in [0.1, 0.15) is 11.6 Å². The monoisotopic (exact) mass is 296 g/mol. The molecule has 21 heavy (non-hydrogen) atoms. The minimum absolute atomic E-state index is 0.0863. The Labute approximate surface area is 118 Å². The summed E-state index contributed by atoms with van der Waals surface area (Å²) in [7, 11) is 0. The molecule has 3 N–H and O–H groups in total. The molecule has 0 unspecified atom stereocenters. The van der Waals surface area contributed by atoms with E-state index in [9.17, 15) is 13.2 Å². The first-order valence-corrected chi connectivity index (χ1v) is 5.83. The number of benzene rings is 2. The minimum Gasteiger partial charge on any atom is -0.451 e. The van der Waals surface area contributed by atoms with Crippen molar-refractivity contribution in [1.82, 2.24) is 0 Å². The number of ether oxygens (including phenoxy) is 1. The van der Waals surface area contributed by atoms with Gasteiger partial charge in [0.15, 0.2) is 23.2 Å². The quantitative estimate of drug-likeness (QED) is 0.395. The van der Waals surface area contributed by atoms with E-state index in [1.165, 1.54) is 19.1 Å². The molecule has 0 atom stereocenters. The van der Waals surface area contributed by atoms with E-state index in [2.05, 4.69) is 5.16 Å². The molecule has 0 aliphatic carbocycles. The predicted octanol–water partition coefficient (Wildman–Crippen LogP) is 3.30. The van der Waals surface area contributed by atoms with Crippen LogP contribution in [0, 0.1) is 24.4 Å². The summed E-state index contributed by atoms with van der Waals surface area (Å²) in [5, 5.41) is 11.1. The van der Waals surface area contributed by atoms with Crippen molar-refractivity contribution in [3.05, 3.63) is 58.9 Å². The number of hydrogen-bond donors (Lipinski definition) is 2. The lowest BCUT2D eigenvalue weighted by Gasteiger charge is -2.10. The molecule has 0 fully saturated rings. The fourth-order valence-corrected chi connectivity index (χ4v) is 1.66. The van der Waals surface area contributed by atoms with Gasteiger partial charge in [-0.15, -0.1) is 0 Å². The maximum Gasteiger partial charge on any atom is 0.198 e. The van der Waals surface area contributed by atoms with Crippen molar-refractivity contribution in [3.8, 4) is 11.5 Å². The third-order valence-corrected chi connectivity index (χ3v) is 2.75. The van der Waals surface area contributed by atoms with Gasteiger partial charge in [0, 0.05) is 5.56 Å². The number of amidine groups is 1. The highest BCUT2D eigenvalue weighted by atomic mass is 19.1. The topological polar surface area (TPSA) is 67.8 Å². The van der Waals surface area contributed by atoms with E-state index in [1.54, 1.807) is 0 Å². The standard InChI is InChI=1S/C14H11F3N2O2/c1-7-4-9(2-3-10(7)15)21-13-11(16)5-8(6-12(13)17)14(18)19-20/h2-6,20H,1H3,(H2,18,19). The fourth-order valence-electron chi connectivity index (χ4n) is 1.66. The van der Waals surface area contributed by atoms with Crippen LogP contribution in [-0.2, 0) is 0 Å². The summed E-state index contributed by atoms with van der Waals surface area (Å²) in [4.78, 5) is 0. The SMILES string of the molecule is Cc1cc(Oc2c(F)cc(/C(N)=N/O)cc2F)ccc1F. The zero-order valence-electron chi connectivity index (χ0n) is 10.9. The third-order valence-electron chi connectivity index (χ3n) is 2.75. The Kier molecular flexibility index (Phi) is 4.02. The van der Waals surface area contributed by atoms with E-state index in [4.69, 9.17) is 15.7 Å². The van der Waals surface area contributed by atoms with Crippen LogP contribution in [0.1, 0.15) is 11.1 Å². The van der Waals surface area contributed by atoms with Gasteiger partial charge in [-0.3, -0.25) is 0 Å². The number of nitrogens with two attached hydrogens (primary N) is 1. The maximum absolute atomic E-state index is 13.8. The summed E-state index contributed by atoms with van der Waals surface area (Å²) in [6.07, 6.45) is 0. The fraction of sp³-hybridized carbons (Fsp3) is 0.0714. The lowest BCUT2D eigenvalue weighted by atomic mass is 10.2. The second-order valence-corrected chi connectivity index (χ2v) is 4.27. The van der Waals surface area contributed by atoms with Crippen molar-refractivity contribution in [3.63, 3.8) is 0 Å². The van der Waals surface area contributed by atoms with Crippen molar-refractivity contribution < 1.29 is 23.1 Å². The average Bonchev–Trinajstić information content (AvgIpc) is 2.45. The summed E-state index contributed by atoms with van der Waals surface area (Å²) in [6.45, 7) is 1.50. The number of nitrogens with zero attached hydrogens (tertiary/aromatic N) is 1. The van der Waals surface area contributed by atoms with Gasteiger partial charge >= 0.3 is 0 Å². The minimum atomic E-state index is -1.03. The second kappa shape index (κ2) is 5.74. The van der Waals surface area contributed by atoms with Crippen molar-refractivity contribution in [2.75, 3.05) is 0 Å². The van der Waals surface area contributed by atoms with Gasteiger partial charge < -0.3 is 15.7 Å². The summed E-state index contributed by atoms with van der Waals surface area (Å²) < 4.78 is 45.9. The lowest BCUT2D eigenvalue weighted by molar-refractivity contribution is 0.318. The molecular formula is C14H11F3N2O2. The average molecular weight is 296 g/mol. The highest BCUT2D eigenvalue weighted by Crippen LogP contribution is 2.29. The van der Waals surface area contributed by atoms with Crippen molar-refractivity contribution in [2.45, 2.75) is 6.92 Å². The molecule has 0 spiro atoms. The predicted molar refractivity (Wildman–Crippen MR) is 70.1 cm³/mol. The van der Waals surface area contributed by atoms with Gasteiger partial charge in [-0.05, 0) is 42.8 Å². The van der Waals surface area contributed by atoms with Crippen LogP contribution in [0.25, 0.3) is 0 Å². The summed E-state index contributed by atoms with van der Waals surface area (Å²) in [6, 6.07) is 5.42. The second-order valence-electron chi connectivity index (χ2n) is 4.27. The van der Waals surface area contributed by atoms with Gasteiger partial charge in [-0.2, -0.15) is 0 Å². The summed E-state index contributed by atoms with van der Waals surface area (Å²) >= 11 is 0. The first-order chi connectivity index (χ1) is 9.92. The lowest BCUT2D eigenvalue weighted by Crippen LogP contribution is -2.14. The first-order valence-electron chi connectivity index (χ1n) is 5.83. The molecule has 0 saturated carbocycles.